The molecule has 118 valence electrons. The minimum Gasteiger partial charge on any atom is -0.495 e. The first-order valence-electron chi connectivity index (χ1n) is 6.71. The molecule has 0 spiro atoms. The SMILES string of the molecule is COc1ccc([N+](=O)[O-])cc1NC(=O)COC(=O)C1CC1C. The van der Waals surface area contributed by atoms with E-state index >= 15 is 0 Å². The number of nitro benzene ring substituents is 1. The highest BCUT2D eigenvalue weighted by molar-refractivity contribution is 5.94. The van der Waals surface area contributed by atoms with Gasteiger partial charge in [0, 0.05) is 12.1 Å². The Morgan fingerprint density at radius 1 is 1.45 bits per heavy atom. The number of nitro groups is 1. The quantitative estimate of drug-likeness (QED) is 0.487. The Balaban J connectivity index is 1.96. The highest BCUT2D eigenvalue weighted by Crippen LogP contribution is 2.38. The fourth-order valence-electron chi connectivity index (χ4n) is 1.99. The Morgan fingerprint density at radius 2 is 2.14 bits per heavy atom. The zero-order valence-corrected chi connectivity index (χ0v) is 12.2. The van der Waals surface area contributed by atoms with Gasteiger partial charge < -0.3 is 14.8 Å². The van der Waals surface area contributed by atoms with E-state index in [0.29, 0.717) is 5.92 Å². The standard InChI is InChI=1S/C14H16N2O6/c1-8-5-10(8)14(18)22-7-13(17)15-11-6-9(16(19)20)3-4-12(11)21-2/h3-4,6,8,10H,5,7H2,1-2H3,(H,15,17). The minimum absolute atomic E-state index is 0.125. The van der Waals surface area contributed by atoms with Gasteiger partial charge in [0.1, 0.15) is 5.75 Å². The smallest absolute Gasteiger partial charge is 0.309 e. The minimum atomic E-state index is -0.583. The van der Waals surface area contributed by atoms with Gasteiger partial charge in [0.05, 0.1) is 23.6 Å². The molecule has 0 aliphatic heterocycles. The molecule has 0 heterocycles. The molecule has 0 aromatic heterocycles. The van der Waals surface area contributed by atoms with Gasteiger partial charge in [-0.1, -0.05) is 6.92 Å². The van der Waals surface area contributed by atoms with Crippen LogP contribution in [-0.4, -0.2) is 30.5 Å². The van der Waals surface area contributed by atoms with Crippen molar-refractivity contribution in [2.75, 3.05) is 19.0 Å². The molecule has 1 aliphatic carbocycles. The van der Waals surface area contributed by atoms with Crippen LogP contribution in [0.3, 0.4) is 0 Å². The van der Waals surface area contributed by atoms with Gasteiger partial charge in [-0.3, -0.25) is 19.7 Å². The summed E-state index contributed by atoms with van der Waals surface area (Å²) in [7, 11) is 1.38. The second-order valence-electron chi connectivity index (χ2n) is 5.12. The summed E-state index contributed by atoms with van der Waals surface area (Å²) >= 11 is 0. The lowest BCUT2D eigenvalue weighted by Gasteiger charge is -2.10. The first kappa shape index (κ1) is 15.7. The molecule has 1 fully saturated rings. The summed E-state index contributed by atoms with van der Waals surface area (Å²) in [6.45, 7) is 1.49. The number of hydrogen-bond acceptors (Lipinski definition) is 6. The number of carbonyl (C=O) groups excluding carboxylic acids is 2. The number of rotatable bonds is 6. The number of esters is 1. The summed E-state index contributed by atoms with van der Waals surface area (Å²) in [5.74, 6) is -0.525. The van der Waals surface area contributed by atoms with Crippen LogP contribution in [0.4, 0.5) is 11.4 Å². The molecular weight excluding hydrogens is 292 g/mol. The van der Waals surface area contributed by atoms with E-state index in [2.05, 4.69) is 5.32 Å². The summed E-state index contributed by atoms with van der Waals surface area (Å²) in [5.41, 5.74) is -0.0301. The largest absolute Gasteiger partial charge is 0.495 e. The molecule has 2 rings (SSSR count). The summed E-state index contributed by atoms with van der Waals surface area (Å²) in [6.07, 6.45) is 0.777. The van der Waals surface area contributed by atoms with E-state index in [1.54, 1.807) is 0 Å². The molecule has 0 saturated heterocycles. The summed E-state index contributed by atoms with van der Waals surface area (Å²) < 4.78 is 9.92. The molecule has 1 N–H and O–H groups in total. The van der Waals surface area contributed by atoms with E-state index in [4.69, 9.17) is 9.47 Å². The molecule has 1 aliphatic rings. The Morgan fingerprint density at radius 3 is 2.68 bits per heavy atom. The maximum absolute atomic E-state index is 11.8. The molecule has 8 nitrogen and oxygen atoms in total. The van der Waals surface area contributed by atoms with Crippen LogP contribution in [0.1, 0.15) is 13.3 Å². The fourth-order valence-corrected chi connectivity index (χ4v) is 1.99. The maximum atomic E-state index is 11.8. The number of nitrogens with zero attached hydrogens (tertiary/aromatic N) is 1. The van der Waals surface area contributed by atoms with Crippen molar-refractivity contribution in [2.45, 2.75) is 13.3 Å². The van der Waals surface area contributed by atoms with Crippen molar-refractivity contribution < 1.29 is 24.0 Å². The molecule has 2 atom stereocenters. The number of nitrogens with one attached hydrogen (secondary N) is 1. The molecule has 0 bridgehead atoms. The zero-order valence-electron chi connectivity index (χ0n) is 12.2. The highest BCUT2D eigenvalue weighted by atomic mass is 16.6. The normalized spacial score (nSPS) is 19.2. The molecule has 2 unspecified atom stereocenters. The third-order valence-corrected chi connectivity index (χ3v) is 3.43. The first-order valence-corrected chi connectivity index (χ1v) is 6.71. The Bertz CT molecular complexity index is 615. The lowest BCUT2D eigenvalue weighted by molar-refractivity contribution is -0.384. The Hall–Kier alpha value is -2.64. The Kier molecular flexibility index (Phi) is 4.59. The van der Waals surface area contributed by atoms with Gasteiger partial charge >= 0.3 is 5.97 Å². The zero-order chi connectivity index (χ0) is 16.3. The summed E-state index contributed by atoms with van der Waals surface area (Å²) in [6, 6.07) is 3.83. The molecular formula is C14H16N2O6. The van der Waals surface area contributed by atoms with E-state index in [1.165, 1.54) is 25.3 Å². The van der Waals surface area contributed by atoms with E-state index in [-0.39, 0.29) is 23.0 Å². The van der Waals surface area contributed by atoms with Crippen LogP contribution in [0.15, 0.2) is 18.2 Å². The molecule has 22 heavy (non-hydrogen) atoms. The van der Waals surface area contributed by atoms with Gasteiger partial charge in [-0.05, 0) is 18.4 Å². The van der Waals surface area contributed by atoms with Crippen molar-refractivity contribution in [3.8, 4) is 5.75 Å². The topological polar surface area (TPSA) is 108 Å². The number of benzene rings is 1. The van der Waals surface area contributed by atoms with E-state index in [0.717, 1.165) is 6.42 Å². The van der Waals surface area contributed by atoms with Crippen LogP contribution < -0.4 is 10.1 Å². The van der Waals surface area contributed by atoms with Crippen molar-refractivity contribution in [1.82, 2.24) is 0 Å². The molecule has 1 saturated carbocycles. The predicted octanol–water partition coefficient (Wildman–Crippen LogP) is 1.74. The Labute approximate surface area is 126 Å². The summed E-state index contributed by atoms with van der Waals surface area (Å²) in [4.78, 5) is 33.5. The number of methoxy groups -OCH3 is 1. The van der Waals surface area contributed by atoms with Crippen LogP contribution in [0.2, 0.25) is 0 Å². The van der Waals surface area contributed by atoms with Gasteiger partial charge in [-0.2, -0.15) is 0 Å². The lowest BCUT2D eigenvalue weighted by Crippen LogP contribution is -2.22. The van der Waals surface area contributed by atoms with Crippen molar-refractivity contribution >= 4 is 23.3 Å². The third kappa shape index (κ3) is 3.72. The average Bonchev–Trinajstić information content (AvgIpc) is 3.21. The number of ether oxygens (including phenoxy) is 2. The first-order chi connectivity index (χ1) is 10.4. The highest BCUT2D eigenvalue weighted by Gasteiger charge is 2.40. The molecule has 0 radical (unpaired) electrons. The summed E-state index contributed by atoms with van der Waals surface area (Å²) in [5, 5.41) is 13.2. The number of carbonyl (C=O) groups is 2. The van der Waals surface area contributed by atoms with Gasteiger partial charge in [0.25, 0.3) is 11.6 Å². The molecule has 1 aromatic carbocycles. The van der Waals surface area contributed by atoms with Crippen molar-refractivity contribution in [1.29, 1.82) is 0 Å². The van der Waals surface area contributed by atoms with Gasteiger partial charge in [-0.25, -0.2) is 0 Å². The van der Waals surface area contributed by atoms with Crippen LogP contribution in [0, 0.1) is 22.0 Å². The monoisotopic (exact) mass is 308 g/mol. The molecule has 8 heteroatoms. The number of anilines is 1. The predicted molar refractivity (Wildman–Crippen MR) is 76.5 cm³/mol. The van der Waals surface area contributed by atoms with Crippen LogP contribution >= 0.6 is 0 Å². The lowest BCUT2D eigenvalue weighted by atomic mass is 10.2. The second kappa shape index (κ2) is 6.42. The van der Waals surface area contributed by atoms with Crippen LogP contribution in [0.25, 0.3) is 0 Å². The number of amides is 1. The van der Waals surface area contributed by atoms with E-state index < -0.39 is 23.4 Å². The van der Waals surface area contributed by atoms with E-state index in [9.17, 15) is 19.7 Å². The van der Waals surface area contributed by atoms with Crippen LogP contribution in [0.5, 0.6) is 5.75 Å². The third-order valence-electron chi connectivity index (χ3n) is 3.43. The second-order valence-corrected chi connectivity index (χ2v) is 5.12. The van der Waals surface area contributed by atoms with Crippen molar-refractivity contribution in [3.63, 3.8) is 0 Å². The fraction of sp³-hybridized carbons (Fsp3) is 0.429. The van der Waals surface area contributed by atoms with E-state index in [1.807, 2.05) is 6.92 Å². The number of non-ortho nitro benzene ring substituents is 1. The van der Waals surface area contributed by atoms with Gasteiger partial charge in [-0.15, -0.1) is 0 Å². The van der Waals surface area contributed by atoms with Crippen molar-refractivity contribution in [2.24, 2.45) is 11.8 Å². The average molecular weight is 308 g/mol. The van der Waals surface area contributed by atoms with Gasteiger partial charge in [0.2, 0.25) is 0 Å². The molecule has 1 aromatic rings. The number of hydrogen-bond donors (Lipinski definition) is 1. The molecule has 1 amide bonds. The van der Waals surface area contributed by atoms with Gasteiger partial charge in [0.15, 0.2) is 6.61 Å². The maximum Gasteiger partial charge on any atom is 0.309 e. The van der Waals surface area contributed by atoms with Crippen molar-refractivity contribution in [3.05, 3.63) is 28.3 Å². The van der Waals surface area contributed by atoms with Crippen LogP contribution in [-0.2, 0) is 14.3 Å².